The van der Waals surface area contributed by atoms with E-state index in [1.54, 1.807) is 7.05 Å². The van der Waals surface area contributed by atoms with Crippen LogP contribution in [0, 0.1) is 6.92 Å². The smallest absolute Gasteiger partial charge is 0.191 e. The van der Waals surface area contributed by atoms with Crippen molar-refractivity contribution in [3.63, 3.8) is 0 Å². The van der Waals surface area contributed by atoms with Crippen molar-refractivity contribution < 1.29 is 4.74 Å². The number of fused-ring (bicyclic) bond motifs is 1. The fraction of sp³-hybridized carbons (Fsp3) is 0.571. The third-order valence-corrected chi connectivity index (χ3v) is 5.15. The molecule has 1 atom stereocenters. The standard InChI is InChI=1S/C21H32N6O/c1-5-16(3)28-18-12-15(2)9-10-17(18)13-23-21(22-4)24-14-20-26-25-19-8-6-7-11-27(19)20/h9-10,12,16H,5-8,11,13-14H2,1-4H3,(H2,22,23,24). The maximum absolute atomic E-state index is 6.10. The van der Waals surface area contributed by atoms with E-state index in [-0.39, 0.29) is 6.10 Å². The molecular formula is C21H32N6O. The third kappa shape index (κ3) is 5.03. The number of guanidine groups is 1. The van der Waals surface area contributed by atoms with Crippen molar-refractivity contribution in [1.29, 1.82) is 0 Å². The number of aryl methyl sites for hydroxylation is 2. The molecule has 1 aliphatic heterocycles. The molecule has 2 aromatic rings. The highest BCUT2D eigenvalue weighted by molar-refractivity contribution is 5.79. The topological polar surface area (TPSA) is 76.4 Å². The van der Waals surface area contributed by atoms with Crippen LogP contribution in [-0.4, -0.2) is 33.9 Å². The Hall–Kier alpha value is -2.57. The fourth-order valence-electron chi connectivity index (χ4n) is 3.28. The first-order valence-corrected chi connectivity index (χ1v) is 10.2. The van der Waals surface area contributed by atoms with Crippen LogP contribution in [0.4, 0.5) is 0 Å². The average Bonchev–Trinajstić information content (AvgIpc) is 3.12. The summed E-state index contributed by atoms with van der Waals surface area (Å²) in [6.45, 7) is 8.57. The first-order valence-electron chi connectivity index (χ1n) is 10.2. The Labute approximate surface area is 167 Å². The van der Waals surface area contributed by atoms with E-state index in [0.717, 1.165) is 48.3 Å². The molecule has 7 nitrogen and oxygen atoms in total. The molecule has 1 aromatic carbocycles. The van der Waals surface area contributed by atoms with Crippen molar-refractivity contribution >= 4 is 5.96 Å². The van der Waals surface area contributed by atoms with Crippen LogP contribution in [0.3, 0.4) is 0 Å². The minimum absolute atomic E-state index is 0.192. The van der Waals surface area contributed by atoms with Crippen molar-refractivity contribution in [2.45, 2.75) is 72.2 Å². The highest BCUT2D eigenvalue weighted by Gasteiger charge is 2.16. The number of hydrogen-bond acceptors (Lipinski definition) is 4. The van der Waals surface area contributed by atoms with Gasteiger partial charge in [0.1, 0.15) is 11.6 Å². The van der Waals surface area contributed by atoms with Crippen molar-refractivity contribution in [3.05, 3.63) is 41.0 Å². The second kappa shape index (κ2) is 9.57. The molecule has 1 unspecified atom stereocenters. The van der Waals surface area contributed by atoms with E-state index in [9.17, 15) is 0 Å². The number of hydrogen-bond donors (Lipinski definition) is 2. The van der Waals surface area contributed by atoms with Gasteiger partial charge in [0.15, 0.2) is 11.8 Å². The van der Waals surface area contributed by atoms with Gasteiger partial charge in [-0.15, -0.1) is 10.2 Å². The largest absolute Gasteiger partial charge is 0.490 e. The van der Waals surface area contributed by atoms with Crippen LogP contribution in [0.5, 0.6) is 5.75 Å². The van der Waals surface area contributed by atoms with E-state index in [4.69, 9.17) is 4.74 Å². The fourth-order valence-corrected chi connectivity index (χ4v) is 3.28. The Kier molecular flexibility index (Phi) is 6.90. The minimum Gasteiger partial charge on any atom is -0.490 e. The van der Waals surface area contributed by atoms with Gasteiger partial charge in [-0.05, 0) is 44.7 Å². The predicted molar refractivity (Wildman–Crippen MR) is 112 cm³/mol. The molecule has 2 N–H and O–H groups in total. The lowest BCUT2D eigenvalue weighted by Gasteiger charge is -2.18. The number of ether oxygens (including phenoxy) is 1. The molecule has 1 aliphatic rings. The SMILES string of the molecule is CCC(C)Oc1cc(C)ccc1CNC(=NC)NCc1nnc2n1CCCC2. The molecule has 2 heterocycles. The molecule has 0 aliphatic carbocycles. The number of benzene rings is 1. The molecule has 0 saturated carbocycles. The van der Waals surface area contributed by atoms with Crippen molar-refractivity contribution in [1.82, 2.24) is 25.4 Å². The van der Waals surface area contributed by atoms with E-state index in [1.807, 2.05) is 0 Å². The molecule has 3 rings (SSSR count). The van der Waals surface area contributed by atoms with E-state index < -0.39 is 0 Å². The van der Waals surface area contributed by atoms with Crippen LogP contribution in [0.2, 0.25) is 0 Å². The third-order valence-electron chi connectivity index (χ3n) is 5.15. The lowest BCUT2D eigenvalue weighted by atomic mass is 10.1. The average molecular weight is 385 g/mol. The highest BCUT2D eigenvalue weighted by Crippen LogP contribution is 2.22. The Morgan fingerprint density at radius 2 is 2.07 bits per heavy atom. The monoisotopic (exact) mass is 384 g/mol. The van der Waals surface area contributed by atoms with Crippen LogP contribution < -0.4 is 15.4 Å². The van der Waals surface area contributed by atoms with Crippen molar-refractivity contribution in [3.8, 4) is 5.75 Å². The molecule has 0 spiro atoms. The predicted octanol–water partition coefficient (Wildman–Crippen LogP) is 2.97. The maximum Gasteiger partial charge on any atom is 0.191 e. The first kappa shape index (κ1) is 20.2. The molecule has 0 amide bonds. The van der Waals surface area contributed by atoms with Gasteiger partial charge in [-0.25, -0.2) is 0 Å². The van der Waals surface area contributed by atoms with Gasteiger partial charge >= 0.3 is 0 Å². The molecule has 0 radical (unpaired) electrons. The van der Waals surface area contributed by atoms with E-state index >= 15 is 0 Å². The number of aliphatic imine (C=N–C) groups is 1. The van der Waals surface area contributed by atoms with Gasteiger partial charge in [-0.3, -0.25) is 4.99 Å². The Morgan fingerprint density at radius 1 is 1.25 bits per heavy atom. The summed E-state index contributed by atoms with van der Waals surface area (Å²) in [6.07, 6.45) is 4.58. The van der Waals surface area contributed by atoms with Gasteiger partial charge in [0, 0.05) is 32.1 Å². The zero-order chi connectivity index (χ0) is 19.9. The van der Waals surface area contributed by atoms with Gasteiger partial charge in [0.2, 0.25) is 0 Å². The van der Waals surface area contributed by atoms with Gasteiger partial charge in [-0.1, -0.05) is 19.1 Å². The van der Waals surface area contributed by atoms with Crippen molar-refractivity contribution in [2.24, 2.45) is 4.99 Å². The summed E-state index contributed by atoms with van der Waals surface area (Å²) < 4.78 is 8.32. The molecule has 0 saturated heterocycles. The summed E-state index contributed by atoms with van der Waals surface area (Å²) in [7, 11) is 1.78. The first-order chi connectivity index (χ1) is 13.6. The summed E-state index contributed by atoms with van der Waals surface area (Å²) in [5.41, 5.74) is 2.31. The summed E-state index contributed by atoms with van der Waals surface area (Å²) >= 11 is 0. The zero-order valence-corrected chi connectivity index (χ0v) is 17.5. The molecule has 7 heteroatoms. The molecule has 0 fully saturated rings. The number of rotatable bonds is 7. The van der Waals surface area contributed by atoms with Crippen molar-refractivity contribution in [2.75, 3.05) is 7.05 Å². The van der Waals surface area contributed by atoms with Gasteiger partial charge in [-0.2, -0.15) is 0 Å². The molecule has 0 bridgehead atoms. The lowest BCUT2D eigenvalue weighted by Crippen LogP contribution is -2.37. The Balaban J connectivity index is 1.59. The van der Waals surface area contributed by atoms with Gasteiger partial charge < -0.3 is 19.9 Å². The zero-order valence-electron chi connectivity index (χ0n) is 17.5. The maximum atomic E-state index is 6.10. The summed E-state index contributed by atoms with van der Waals surface area (Å²) in [5, 5.41) is 15.4. The normalized spacial score (nSPS) is 15.1. The quantitative estimate of drug-likeness (QED) is 0.567. The van der Waals surface area contributed by atoms with Crippen LogP contribution in [0.1, 0.15) is 55.9 Å². The van der Waals surface area contributed by atoms with E-state index in [0.29, 0.717) is 13.1 Å². The van der Waals surface area contributed by atoms with Crippen LogP contribution in [0.15, 0.2) is 23.2 Å². The highest BCUT2D eigenvalue weighted by atomic mass is 16.5. The lowest BCUT2D eigenvalue weighted by molar-refractivity contribution is 0.215. The second-order valence-corrected chi connectivity index (χ2v) is 7.37. The summed E-state index contributed by atoms with van der Waals surface area (Å²) in [4.78, 5) is 4.34. The molecule has 28 heavy (non-hydrogen) atoms. The van der Waals surface area contributed by atoms with Crippen LogP contribution >= 0.6 is 0 Å². The Bertz CT molecular complexity index is 813. The van der Waals surface area contributed by atoms with E-state index in [2.05, 4.69) is 69.4 Å². The van der Waals surface area contributed by atoms with Gasteiger partial charge in [0.05, 0.1) is 12.6 Å². The number of aromatic nitrogens is 3. The summed E-state index contributed by atoms with van der Waals surface area (Å²) in [5.74, 6) is 3.73. The molecule has 152 valence electrons. The minimum atomic E-state index is 0.192. The van der Waals surface area contributed by atoms with Crippen LogP contribution in [-0.2, 0) is 26.1 Å². The molecular weight excluding hydrogens is 352 g/mol. The summed E-state index contributed by atoms with van der Waals surface area (Å²) in [6, 6.07) is 6.32. The van der Waals surface area contributed by atoms with E-state index in [1.165, 1.54) is 18.4 Å². The Morgan fingerprint density at radius 3 is 2.86 bits per heavy atom. The number of nitrogens with zero attached hydrogens (tertiary/aromatic N) is 4. The number of nitrogens with one attached hydrogen (secondary N) is 2. The van der Waals surface area contributed by atoms with Gasteiger partial charge in [0.25, 0.3) is 0 Å². The van der Waals surface area contributed by atoms with Crippen LogP contribution in [0.25, 0.3) is 0 Å². The molecule has 1 aromatic heterocycles. The second-order valence-electron chi connectivity index (χ2n) is 7.37.